The Kier molecular flexibility index (Phi) is 5.55. The average molecular weight is 446 g/mol. The van der Waals surface area contributed by atoms with Crippen molar-refractivity contribution in [2.45, 2.75) is 13.5 Å². The van der Waals surface area contributed by atoms with Crippen LogP contribution in [0.4, 0.5) is 0 Å². The number of ether oxygens (including phenoxy) is 2. The largest absolute Gasteiger partial charge is 0.488 e. The van der Waals surface area contributed by atoms with Crippen LogP contribution >= 0.6 is 34.8 Å². The van der Waals surface area contributed by atoms with E-state index in [2.05, 4.69) is 0 Å². The SMILES string of the molecule is Cc1c(OCc2ccc(Cl)c(Cl)c2)ccc2c1O/C(=C\c1ccc(Cl)cc1)C2=O. The highest BCUT2D eigenvalue weighted by molar-refractivity contribution is 6.42. The molecule has 1 aliphatic heterocycles. The maximum absolute atomic E-state index is 12.7. The molecular formula is C23H15Cl3O3. The van der Waals surface area contributed by atoms with E-state index in [1.165, 1.54) is 0 Å². The summed E-state index contributed by atoms with van der Waals surface area (Å²) < 4.78 is 11.8. The maximum atomic E-state index is 12.7. The van der Waals surface area contributed by atoms with E-state index < -0.39 is 0 Å². The lowest BCUT2D eigenvalue weighted by Gasteiger charge is -2.12. The van der Waals surface area contributed by atoms with E-state index >= 15 is 0 Å². The van der Waals surface area contributed by atoms with Crippen molar-refractivity contribution in [2.24, 2.45) is 0 Å². The van der Waals surface area contributed by atoms with Gasteiger partial charge >= 0.3 is 0 Å². The number of allylic oxidation sites excluding steroid dienone is 1. The fourth-order valence-corrected chi connectivity index (χ4v) is 3.47. The van der Waals surface area contributed by atoms with Crippen molar-refractivity contribution in [2.75, 3.05) is 0 Å². The minimum Gasteiger partial charge on any atom is -0.488 e. The van der Waals surface area contributed by atoms with E-state index in [4.69, 9.17) is 44.3 Å². The summed E-state index contributed by atoms with van der Waals surface area (Å²) >= 11 is 17.9. The second-order valence-electron chi connectivity index (χ2n) is 6.59. The molecule has 3 nitrogen and oxygen atoms in total. The van der Waals surface area contributed by atoms with Crippen molar-refractivity contribution < 1.29 is 14.3 Å². The molecule has 0 fully saturated rings. The van der Waals surface area contributed by atoms with Gasteiger partial charge in [-0.15, -0.1) is 0 Å². The molecule has 3 aromatic carbocycles. The normalized spacial score (nSPS) is 14.1. The molecule has 0 saturated heterocycles. The quantitative estimate of drug-likeness (QED) is 0.400. The van der Waals surface area contributed by atoms with E-state index in [-0.39, 0.29) is 11.5 Å². The van der Waals surface area contributed by atoms with Crippen LogP contribution in [0.1, 0.15) is 27.0 Å². The third kappa shape index (κ3) is 4.13. The Morgan fingerprint density at radius 1 is 0.966 bits per heavy atom. The number of hydrogen-bond acceptors (Lipinski definition) is 3. The zero-order chi connectivity index (χ0) is 20.5. The van der Waals surface area contributed by atoms with Crippen molar-refractivity contribution in [3.8, 4) is 11.5 Å². The molecule has 1 heterocycles. The van der Waals surface area contributed by atoms with Gasteiger partial charge in [0.05, 0.1) is 15.6 Å². The molecule has 0 aliphatic carbocycles. The number of hydrogen-bond donors (Lipinski definition) is 0. The number of rotatable bonds is 4. The van der Waals surface area contributed by atoms with Gasteiger partial charge < -0.3 is 9.47 Å². The van der Waals surface area contributed by atoms with Crippen molar-refractivity contribution in [3.63, 3.8) is 0 Å². The third-order valence-corrected chi connectivity index (χ3v) is 5.57. The van der Waals surface area contributed by atoms with Crippen LogP contribution in [0.5, 0.6) is 11.5 Å². The van der Waals surface area contributed by atoms with Crippen molar-refractivity contribution in [1.29, 1.82) is 0 Å². The van der Waals surface area contributed by atoms with Gasteiger partial charge in [0.25, 0.3) is 0 Å². The molecule has 0 saturated carbocycles. The van der Waals surface area contributed by atoms with Gasteiger partial charge in [0.1, 0.15) is 18.1 Å². The monoisotopic (exact) mass is 444 g/mol. The Morgan fingerprint density at radius 2 is 1.72 bits per heavy atom. The first-order valence-corrected chi connectivity index (χ1v) is 9.96. The van der Waals surface area contributed by atoms with Crippen LogP contribution in [0.2, 0.25) is 15.1 Å². The van der Waals surface area contributed by atoms with Gasteiger partial charge in [0.15, 0.2) is 5.76 Å². The summed E-state index contributed by atoms with van der Waals surface area (Å²) in [5.74, 6) is 1.26. The van der Waals surface area contributed by atoms with E-state index in [1.807, 2.05) is 25.1 Å². The molecule has 0 amide bonds. The van der Waals surface area contributed by atoms with Crippen LogP contribution in [-0.4, -0.2) is 5.78 Å². The van der Waals surface area contributed by atoms with Crippen LogP contribution in [-0.2, 0) is 6.61 Å². The molecule has 6 heteroatoms. The van der Waals surface area contributed by atoms with Gasteiger partial charge in [0, 0.05) is 10.6 Å². The van der Waals surface area contributed by atoms with Crippen molar-refractivity contribution in [3.05, 3.63) is 97.7 Å². The van der Waals surface area contributed by atoms with Gasteiger partial charge in [-0.05, 0) is 60.5 Å². The predicted octanol–water partition coefficient (Wildman–Crippen LogP) is 7.15. The highest BCUT2D eigenvalue weighted by Gasteiger charge is 2.30. The van der Waals surface area contributed by atoms with Crippen molar-refractivity contribution >= 4 is 46.7 Å². The Balaban J connectivity index is 1.56. The second-order valence-corrected chi connectivity index (χ2v) is 7.84. The Morgan fingerprint density at radius 3 is 2.45 bits per heavy atom. The van der Waals surface area contributed by atoms with Gasteiger partial charge in [-0.3, -0.25) is 4.79 Å². The van der Waals surface area contributed by atoms with Crippen LogP contribution in [0.25, 0.3) is 6.08 Å². The zero-order valence-corrected chi connectivity index (χ0v) is 17.6. The summed E-state index contributed by atoms with van der Waals surface area (Å²) in [4.78, 5) is 12.7. The molecule has 0 unspecified atom stereocenters. The Labute approximate surface area is 183 Å². The number of ketones is 1. The molecule has 29 heavy (non-hydrogen) atoms. The van der Waals surface area contributed by atoms with Crippen LogP contribution in [0.15, 0.2) is 60.4 Å². The third-order valence-electron chi connectivity index (χ3n) is 4.58. The minimum absolute atomic E-state index is 0.158. The topological polar surface area (TPSA) is 35.5 Å². The summed E-state index contributed by atoms with van der Waals surface area (Å²) in [6, 6.07) is 16.0. The summed E-state index contributed by atoms with van der Waals surface area (Å²) in [5.41, 5.74) is 3.00. The van der Waals surface area contributed by atoms with E-state index in [0.717, 1.165) is 16.7 Å². The highest BCUT2D eigenvalue weighted by Crippen LogP contribution is 2.39. The van der Waals surface area contributed by atoms with E-state index in [1.54, 1.807) is 42.5 Å². The molecule has 4 rings (SSSR count). The summed E-state index contributed by atoms with van der Waals surface area (Å²) in [5, 5.41) is 1.61. The molecule has 3 aromatic rings. The number of carbonyl (C=O) groups is 1. The summed E-state index contributed by atoms with van der Waals surface area (Å²) in [6.07, 6.45) is 1.70. The van der Waals surface area contributed by atoms with Crippen molar-refractivity contribution in [1.82, 2.24) is 0 Å². The molecule has 0 atom stereocenters. The summed E-state index contributed by atoms with van der Waals surface area (Å²) in [7, 11) is 0. The Hall–Kier alpha value is -2.46. The fourth-order valence-electron chi connectivity index (χ4n) is 3.03. The number of Topliss-reactive ketones (excluding diaryl/α,β-unsaturated/α-hetero) is 1. The fraction of sp³-hybridized carbons (Fsp3) is 0.0870. The molecule has 146 valence electrons. The Bertz CT molecular complexity index is 1130. The first kappa shape index (κ1) is 19.8. The lowest BCUT2D eigenvalue weighted by Crippen LogP contribution is -1.98. The van der Waals surface area contributed by atoms with Crippen LogP contribution in [0.3, 0.4) is 0 Å². The number of halogens is 3. The second kappa shape index (κ2) is 8.11. The van der Waals surface area contributed by atoms with Gasteiger partial charge in [-0.2, -0.15) is 0 Å². The first-order valence-electron chi connectivity index (χ1n) is 8.82. The van der Waals surface area contributed by atoms with Gasteiger partial charge in [-0.25, -0.2) is 0 Å². The molecular weight excluding hydrogens is 431 g/mol. The highest BCUT2D eigenvalue weighted by atomic mass is 35.5. The van der Waals surface area contributed by atoms with E-state index in [0.29, 0.717) is 38.7 Å². The average Bonchev–Trinajstić information content (AvgIpc) is 3.02. The smallest absolute Gasteiger partial charge is 0.231 e. The molecule has 0 bridgehead atoms. The predicted molar refractivity (Wildman–Crippen MR) is 116 cm³/mol. The lowest BCUT2D eigenvalue weighted by atomic mass is 10.1. The van der Waals surface area contributed by atoms with Gasteiger partial charge in [-0.1, -0.05) is 53.0 Å². The maximum Gasteiger partial charge on any atom is 0.231 e. The van der Waals surface area contributed by atoms with Gasteiger partial charge in [0.2, 0.25) is 5.78 Å². The zero-order valence-electron chi connectivity index (χ0n) is 15.3. The molecule has 1 aliphatic rings. The van der Waals surface area contributed by atoms with E-state index in [9.17, 15) is 4.79 Å². The van der Waals surface area contributed by atoms with Crippen LogP contribution < -0.4 is 9.47 Å². The number of fused-ring (bicyclic) bond motifs is 1. The molecule has 0 aromatic heterocycles. The summed E-state index contributed by atoms with van der Waals surface area (Å²) in [6.45, 7) is 2.18. The standard InChI is InChI=1S/C23H15Cl3O3/c1-13-20(28-12-15-4-8-18(25)19(26)10-15)9-7-17-22(27)21(29-23(13)17)11-14-2-5-16(24)6-3-14/h2-11H,12H2,1H3/b21-11-. The molecule has 0 radical (unpaired) electrons. The number of carbonyl (C=O) groups excluding carboxylic acids is 1. The molecule has 0 N–H and O–H groups in total. The molecule has 0 spiro atoms. The minimum atomic E-state index is -0.158. The first-order chi connectivity index (χ1) is 13.9. The lowest BCUT2D eigenvalue weighted by molar-refractivity contribution is 0.101. The van der Waals surface area contributed by atoms with Crippen LogP contribution in [0, 0.1) is 6.92 Å². The number of benzene rings is 3.